The maximum absolute atomic E-state index is 11.9. The Balaban J connectivity index is 2.62. The van der Waals surface area contributed by atoms with Crippen molar-refractivity contribution in [3.63, 3.8) is 0 Å². The van der Waals surface area contributed by atoms with Crippen LogP contribution in [0.15, 0.2) is 23.6 Å². The van der Waals surface area contributed by atoms with E-state index in [1.54, 1.807) is 20.3 Å². The first-order valence-corrected chi connectivity index (χ1v) is 6.89. The first-order valence-electron chi connectivity index (χ1n) is 6.01. The zero-order valence-corrected chi connectivity index (χ0v) is 12.7. The van der Waals surface area contributed by atoms with Crippen LogP contribution in [0.2, 0.25) is 0 Å². The molecule has 1 heterocycles. The lowest BCUT2D eigenvalue weighted by molar-refractivity contribution is 0.0607. The molecule has 0 aliphatic heterocycles. The fourth-order valence-corrected chi connectivity index (χ4v) is 3.01. The molecule has 0 unspecified atom stereocenters. The molecule has 0 saturated heterocycles. The molecule has 0 aliphatic carbocycles. The highest BCUT2D eigenvalue weighted by Gasteiger charge is 2.21. The number of benzene rings is 1. The third-order valence-electron chi connectivity index (χ3n) is 3.02. The van der Waals surface area contributed by atoms with Gasteiger partial charge in [0.25, 0.3) is 0 Å². The van der Waals surface area contributed by atoms with Crippen LogP contribution < -0.4 is 9.47 Å². The molecule has 0 bridgehead atoms. The number of thiophene rings is 1. The summed E-state index contributed by atoms with van der Waals surface area (Å²) >= 11 is 1.37. The summed E-state index contributed by atoms with van der Waals surface area (Å²) in [6.45, 7) is 1.96. The van der Waals surface area contributed by atoms with Crippen LogP contribution in [0.5, 0.6) is 11.5 Å². The van der Waals surface area contributed by atoms with Gasteiger partial charge in [-0.05, 0) is 30.0 Å². The predicted molar refractivity (Wildman–Crippen MR) is 78.9 cm³/mol. The number of ether oxygens (including phenoxy) is 3. The Morgan fingerprint density at radius 1 is 1.15 bits per heavy atom. The van der Waals surface area contributed by atoms with Gasteiger partial charge in [-0.3, -0.25) is 0 Å². The lowest BCUT2D eigenvalue weighted by Gasteiger charge is -2.11. The van der Waals surface area contributed by atoms with Crippen LogP contribution in [0.25, 0.3) is 11.1 Å². The van der Waals surface area contributed by atoms with E-state index >= 15 is 0 Å². The van der Waals surface area contributed by atoms with Crippen molar-refractivity contribution in [2.75, 3.05) is 21.3 Å². The molecule has 20 heavy (non-hydrogen) atoms. The van der Waals surface area contributed by atoms with Crippen LogP contribution in [0.3, 0.4) is 0 Å². The SMILES string of the molecule is COC(=O)c1scc(C)c1-c1ccc(OC)cc1OC. The fraction of sp³-hybridized carbons (Fsp3) is 0.267. The topological polar surface area (TPSA) is 44.8 Å². The van der Waals surface area contributed by atoms with Crippen LogP contribution >= 0.6 is 11.3 Å². The Labute approximate surface area is 121 Å². The quantitative estimate of drug-likeness (QED) is 0.809. The standard InChI is InChI=1S/C15H16O4S/c1-9-8-20-14(15(16)19-4)13(9)11-6-5-10(17-2)7-12(11)18-3/h5-8H,1-4H3. The van der Waals surface area contributed by atoms with Gasteiger partial charge in [-0.1, -0.05) is 0 Å². The van der Waals surface area contributed by atoms with Gasteiger partial charge in [0.05, 0.1) is 21.3 Å². The molecule has 2 rings (SSSR count). The molecule has 0 radical (unpaired) electrons. The summed E-state index contributed by atoms with van der Waals surface area (Å²) in [6.07, 6.45) is 0. The first-order chi connectivity index (χ1) is 9.62. The van der Waals surface area contributed by atoms with Gasteiger partial charge in [-0.15, -0.1) is 11.3 Å². The molecule has 0 fully saturated rings. The van der Waals surface area contributed by atoms with E-state index in [0.29, 0.717) is 16.4 Å². The van der Waals surface area contributed by atoms with E-state index < -0.39 is 0 Å². The summed E-state index contributed by atoms with van der Waals surface area (Å²) in [5.74, 6) is 1.03. The Morgan fingerprint density at radius 3 is 2.50 bits per heavy atom. The maximum atomic E-state index is 11.9. The van der Waals surface area contributed by atoms with Gasteiger partial charge in [0.2, 0.25) is 0 Å². The third kappa shape index (κ3) is 2.49. The lowest BCUT2D eigenvalue weighted by atomic mass is 10.0. The number of carbonyl (C=O) groups excluding carboxylic acids is 1. The molecule has 0 spiro atoms. The molecule has 1 aromatic heterocycles. The Hall–Kier alpha value is -2.01. The van der Waals surface area contributed by atoms with E-state index in [1.807, 2.05) is 24.4 Å². The Morgan fingerprint density at radius 2 is 1.90 bits per heavy atom. The normalized spacial score (nSPS) is 10.2. The summed E-state index contributed by atoms with van der Waals surface area (Å²) in [5, 5.41) is 1.94. The number of carbonyl (C=O) groups is 1. The van der Waals surface area contributed by atoms with E-state index in [-0.39, 0.29) is 5.97 Å². The van der Waals surface area contributed by atoms with Gasteiger partial charge < -0.3 is 14.2 Å². The number of hydrogen-bond donors (Lipinski definition) is 0. The van der Waals surface area contributed by atoms with E-state index in [9.17, 15) is 4.79 Å². The summed E-state index contributed by atoms with van der Waals surface area (Å²) in [4.78, 5) is 12.4. The summed E-state index contributed by atoms with van der Waals surface area (Å²) in [6, 6.07) is 5.53. The molecular formula is C15H16O4S. The minimum Gasteiger partial charge on any atom is -0.497 e. The van der Waals surface area contributed by atoms with Crippen molar-refractivity contribution in [1.82, 2.24) is 0 Å². The highest BCUT2D eigenvalue weighted by atomic mass is 32.1. The van der Waals surface area contributed by atoms with Gasteiger partial charge >= 0.3 is 5.97 Å². The van der Waals surface area contributed by atoms with Gasteiger partial charge in [0.1, 0.15) is 16.4 Å². The molecule has 0 aliphatic rings. The van der Waals surface area contributed by atoms with Crippen molar-refractivity contribution < 1.29 is 19.0 Å². The van der Waals surface area contributed by atoms with Gasteiger partial charge in [-0.25, -0.2) is 4.79 Å². The van der Waals surface area contributed by atoms with Crippen molar-refractivity contribution >= 4 is 17.3 Å². The summed E-state index contributed by atoms with van der Waals surface area (Å²) in [5.41, 5.74) is 2.72. The Bertz CT molecular complexity index is 631. The van der Waals surface area contributed by atoms with Crippen LogP contribution in [0.1, 0.15) is 15.2 Å². The average Bonchev–Trinajstić information content (AvgIpc) is 2.87. The smallest absolute Gasteiger partial charge is 0.348 e. The lowest BCUT2D eigenvalue weighted by Crippen LogP contribution is -2.01. The summed E-state index contributed by atoms with van der Waals surface area (Å²) in [7, 11) is 4.58. The molecule has 0 atom stereocenters. The minimum atomic E-state index is -0.337. The highest BCUT2D eigenvalue weighted by Crippen LogP contribution is 2.39. The van der Waals surface area contributed by atoms with Crippen LogP contribution in [0, 0.1) is 6.92 Å². The second-order valence-electron chi connectivity index (χ2n) is 4.18. The number of hydrogen-bond acceptors (Lipinski definition) is 5. The monoisotopic (exact) mass is 292 g/mol. The largest absolute Gasteiger partial charge is 0.497 e. The van der Waals surface area contributed by atoms with Crippen LogP contribution in [-0.2, 0) is 4.74 Å². The predicted octanol–water partition coefficient (Wildman–Crippen LogP) is 3.53. The second-order valence-corrected chi connectivity index (χ2v) is 5.06. The first kappa shape index (κ1) is 14.4. The van der Waals surface area contributed by atoms with Crippen molar-refractivity contribution in [2.24, 2.45) is 0 Å². The van der Waals surface area contributed by atoms with Crippen molar-refractivity contribution in [1.29, 1.82) is 0 Å². The number of esters is 1. The maximum Gasteiger partial charge on any atom is 0.348 e. The molecule has 0 N–H and O–H groups in total. The zero-order chi connectivity index (χ0) is 14.7. The zero-order valence-electron chi connectivity index (χ0n) is 11.9. The molecule has 1 aromatic carbocycles. The van der Waals surface area contributed by atoms with Gasteiger partial charge in [-0.2, -0.15) is 0 Å². The molecule has 5 heteroatoms. The second kappa shape index (κ2) is 5.96. The Kier molecular flexibility index (Phi) is 4.29. The van der Waals surface area contributed by atoms with E-state index in [4.69, 9.17) is 14.2 Å². The van der Waals surface area contributed by atoms with E-state index in [0.717, 1.165) is 16.7 Å². The van der Waals surface area contributed by atoms with E-state index in [1.165, 1.54) is 18.4 Å². The van der Waals surface area contributed by atoms with Gasteiger partial charge in [0.15, 0.2) is 0 Å². The molecule has 2 aromatic rings. The minimum absolute atomic E-state index is 0.337. The van der Waals surface area contributed by atoms with Crippen molar-refractivity contribution in [3.8, 4) is 22.6 Å². The summed E-state index contributed by atoms with van der Waals surface area (Å²) < 4.78 is 15.4. The fourth-order valence-electron chi connectivity index (χ4n) is 2.03. The molecule has 106 valence electrons. The number of methoxy groups -OCH3 is 3. The van der Waals surface area contributed by atoms with Crippen molar-refractivity contribution in [2.45, 2.75) is 6.92 Å². The highest BCUT2D eigenvalue weighted by molar-refractivity contribution is 7.12. The van der Waals surface area contributed by atoms with Gasteiger partial charge in [0, 0.05) is 17.2 Å². The third-order valence-corrected chi connectivity index (χ3v) is 4.10. The van der Waals surface area contributed by atoms with Crippen LogP contribution in [0.4, 0.5) is 0 Å². The molecule has 0 amide bonds. The van der Waals surface area contributed by atoms with Crippen molar-refractivity contribution in [3.05, 3.63) is 34.0 Å². The number of rotatable bonds is 4. The number of aryl methyl sites for hydroxylation is 1. The molecular weight excluding hydrogens is 276 g/mol. The average molecular weight is 292 g/mol. The molecule has 4 nitrogen and oxygen atoms in total. The van der Waals surface area contributed by atoms with E-state index in [2.05, 4.69) is 0 Å². The van der Waals surface area contributed by atoms with Crippen LogP contribution in [-0.4, -0.2) is 27.3 Å². The molecule has 0 saturated carbocycles.